The third-order valence-electron chi connectivity index (χ3n) is 3.86. The molecule has 8 heteroatoms. The highest BCUT2D eigenvalue weighted by atomic mass is 35.5. The van der Waals surface area contributed by atoms with Crippen molar-refractivity contribution in [2.75, 3.05) is 4.72 Å². The number of halogens is 2. The zero-order valence-electron chi connectivity index (χ0n) is 12.5. The van der Waals surface area contributed by atoms with Crippen molar-refractivity contribution in [2.24, 2.45) is 0 Å². The SMILES string of the molecule is CCC1=C(C(=O)O)C(S(=O)(=O)Nc2ccc(F)cc2Cl)CCC1. The minimum atomic E-state index is -4.00. The van der Waals surface area contributed by atoms with Crippen molar-refractivity contribution in [3.05, 3.63) is 40.2 Å². The smallest absolute Gasteiger partial charge is 0.332 e. The number of nitrogens with one attached hydrogen (secondary N) is 1. The second-order valence-corrected chi connectivity index (χ2v) is 7.60. The number of carboxylic acids is 1. The van der Waals surface area contributed by atoms with Crippen molar-refractivity contribution in [3.8, 4) is 0 Å². The Morgan fingerprint density at radius 2 is 2.17 bits per heavy atom. The van der Waals surface area contributed by atoms with Crippen LogP contribution in [0, 0.1) is 5.82 Å². The summed E-state index contributed by atoms with van der Waals surface area (Å²) in [6.45, 7) is 1.80. The van der Waals surface area contributed by atoms with Gasteiger partial charge in [-0.2, -0.15) is 0 Å². The highest BCUT2D eigenvalue weighted by molar-refractivity contribution is 7.93. The molecule has 1 aliphatic rings. The quantitative estimate of drug-likeness (QED) is 0.839. The zero-order chi connectivity index (χ0) is 17.2. The van der Waals surface area contributed by atoms with Gasteiger partial charge in [0.05, 0.1) is 16.3 Å². The minimum Gasteiger partial charge on any atom is -0.478 e. The van der Waals surface area contributed by atoms with Gasteiger partial charge in [0.15, 0.2) is 0 Å². The number of allylic oxidation sites excluding steroid dienone is 1. The molecule has 0 aromatic heterocycles. The van der Waals surface area contributed by atoms with Crippen LogP contribution in [0.4, 0.5) is 10.1 Å². The van der Waals surface area contributed by atoms with E-state index in [1.54, 1.807) is 6.92 Å². The summed E-state index contributed by atoms with van der Waals surface area (Å²) in [7, 11) is -4.00. The van der Waals surface area contributed by atoms with Crippen LogP contribution in [0.3, 0.4) is 0 Å². The van der Waals surface area contributed by atoms with Crippen molar-refractivity contribution < 1.29 is 22.7 Å². The van der Waals surface area contributed by atoms with Crippen LogP contribution in [0.15, 0.2) is 29.3 Å². The van der Waals surface area contributed by atoms with Crippen molar-refractivity contribution in [3.63, 3.8) is 0 Å². The van der Waals surface area contributed by atoms with Crippen LogP contribution < -0.4 is 4.72 Å². The van der Waals surface area contributed by atoms with Crippen LogP contribution in [0.25, 0.3) is 0 Å². The van der Waals surface area contributed by atoms with Crippen LogP contribution in [0.5, 0.6) is 0 Å². The van der Waals surface area contributed by atoms with Crippen LogP contribution in [-0.2, 0) is 14.8 Å². The van der Waals surface area contributed by atoms with Gasteiger partial charge >= 0.3 is 5.97 Å². The fourth-order valence-corrected chi connectivity index (χ4v) is 4.72. The summed E-state index contributed by atoms with van der Waals surface area (Å²) in [5.41, 5.74) is 0.607. The molecule has 1 aromatic rings. The molecule has 1 aromatic carbocycles. The third kappa shape index (κ3) is 3.84. The Morgan fingerprint density at radius 1 is 1.48 bits per heavy atom. The molecule has 0 bridgehead atoms. The number of benzene rings is 1. The van der Waals surface area contributed by atoms with Gasteiger partial charge in [0, 0.05) is 0 Å². The summed E-state index contributed by atoms with van der Waals surface area (Å²) in [5, 5.41) is 8.17. The molecule has 0 aliphatic heterocycles. The van der Waals surface area contributed by atoms with Gasteiger partial charge in [-0.3, -0.25) is 4.72 Å². The van der Waals surface area contributed by atoms with Crippen LogP contribution in [0.1, 0.15) is 32.6 Å². The Hall–Kier alpha value is -1.60. The number of carboxylic acid groups (broad SMARTS) is 1. The molecule has 2 rings (SSSR count). The third-order valence-corrected chi connectivity index (χ3v) is 5.90. The van der Waals surface area contributed by atoms with E-state index in [9.17, 15) is 22.7 Å². The Labute approximate surface area is 139 Å². The lowest BCUT2D eigenvalue weighted by atomic mass is 9.90. The molecule has 0 radical (unpaired) electrons. The zero-order valence-corrected chi connectivity index (χ0v) is 14.0. The maximum Gasteiger partial charge on any atom is 0.332 e. The van der Waals surface area contributed by atoms with E-state index < -0.39 is 27.1 Å². The second kappa shape index (κ2) is 6.88. The lowest BCUT2D eigenvalue weighted by Gasteiger charge is -2.26. The molecule has 1 unspecified atom stereocenters. The number of anilines is 1. The number of hydrogen-bond donors (Lipinski definition) is 2. The van der Waals surface area contributed by atoms with Crippen molar-refractivity contribution in [1.29, 1.82) is 0 Å². The fourth-order valence-electron chi connectivity index (χ4n) is 2.77. The predicted molar refractivity (Wildman–Crippen MR) is 86.5 cm³/mol. The average molecular weight is 362 g/mol. The molecule has 0 fully saturated rings. The highest BCUT2D eigenvalue weighted by Crippen LogP contribution is 2.33. The van der Waals surface area contributed by atoms with Gasteiger partial charge in [-0.25, -0.2) is 17.6 Å². The van der Waals surface area contributed by atoms with E-state index in [-0.39, 0.29) is 22.7 Å². The normalized spacial score (nSPS) is 18.8. The van der Waals surface area contributed by atoms with Gasteiger partial charge in [0.1, 0.15) is 11.1 Å². The van der Waals surface area contributed by atoms with Gasteiger partial charge in [-0.15, -0.1) is 0 Å². The van der Waals surface area contributed by atoms with E-state index >= 15 is 0 Å². The van der Waals surface area contributed by atoms with Gasteiger partial charge in [-0.1, -0.05) is 24.1 Å². The number of rotatable bonds is 5. The largest absolute Gasteiger partial charge is 0.478 e. The summed E-state index contributed by atoms with van der Waals surface area (Å²) in [6.07, 6.45) is 1.90. The molecule has 5 nitrogen and oxygen atoms in total. The molecule has 0 amide bonds. The van der Waals surface area contributed by atoms with E-state index in [2.05, 4.69) is 4.72 Å². The standard InChI is InChI=1S/C15H17ClFNO4S/c1-2-9-4-3-5-13(14(9)15(19)20)23(21,22)18-12-7-6-10(17)8-11(12)16/h6-8,13,18H,2-5H2,1H3,(H,19,20). The Bertz CT molecular complexity index is 761. The molecule has 0 saturated carbocycles. The van der Waals surface area contributed by atoms with E-state index in [1.807, 2.05) is 0 Å². The Morgan fingerprint density at radius 3 is 2.74 bits per heavy atom. The lowest BCUT2D eigenvalue weighted by Crippen LogP contribution is -2.35. The number of aliphatic carboxylic acids is 1. The second-order valence-electron chi connectivity index (χ2n) is 5.33. The predicted octanol–water partition coefficient (Wildman–Crippen LogP) is 3.56. The van der Waals surface area contributed by atoms with Crippen LogP contribution in [0.2, 0.25) is 5.02 Å². The number of hydrogen-bond acceptors (Lipinski definition) is 3. The minimum absolute atomic E-state index is 0.0291. The lowest BCUT2D eigenvalue weighted by molar-refractivity contribution is -0.132. The molecule has 0 heterocycles. The monoisotopic (exact) mass is 361 g/mol. The molecule has 126 valence electrons. The number of carbonyl (C=O) groups is 1. The summed E-state index contributed by atoms with van der Waals surface area (Å²) in [6, 6.07) is 3.28. The number of sulfonamides is 1. The van der Waals surface area contributed by atoms with E-state index in [1.165, 1.54) is 6.07 Å². The molecule has 1 aliphatic carbocycles. The Balaban J connectivity index is 2.40. The molecule has 0 saturated heterocycles. The first kappa shape index (κ1) is 17.7. The summed E-state index contributed by atoms with van der Waals surface area (Å²) in [5.74, 6) is -1.81. The van der Waals surface area contributed by atoms with Crippen molar-refractivity contribution in [1.82, 2.24) is 0 Å². The van der Waals surface area contributed by atoms with E-state index in [0.29, 0.717) is 24.8 Å². The van der Waals surface area contributed by atoms with E-state index in [4.69, 9.17) is 11.6 Å². The van der Waals surface area contributed by atoms with Gasteiger partial charge in [0.2, 0.25) is 10.0 Å². The first-order valence-corrected chi connectivity index (χ1v) is 9.10. The first-order chi connectivity index (χ1) is 10.8. The molecular formula is C15H17ClFNO4S. The van der Waals surface area contributed by atoms with Crippen molar-refractivity contribution >= 4 is 33.3 Å². The van der Waals surface area contributed by atoms with Crippen LogP contribution >= 0.6 is 11.6 Å². The van der Waals surface area contributed by atoms with E-state index in [0.717, 1.165) is 12.1 Å². The molecule has 23 heavy (non-hydrogen) atoms. The average Bonchev–Trinajstić information content (AvgIpc) is 2.49. The maximum atomic E-state index is 13.1. The van der Waals surface area contributed by atoms with Gasteiger partial charge < -0.3 is 5.11 Å². The van der Waals surface area contributed by atoms with Gasteiger partial charge in [-0.05, 0) is 43.9 Å². The first-order valence-electron chi connectivity index (χ1n) is 7.18. The molecule has 2 N–H and O–H groups in total. The fraction of sp³-hybridized carbons (Fsp3) is 0.400. The summed E-state index contributed by atoms with van der Waals surface area (Å²) in [4.78, 5) is 11.5. The summed E-state index contributed by atoms with van der Waals surface area (Å²) < 4.78 is 40.6. The topological polar surface area (TPSA) is 83.5 Å². The summed E-state index contributed by atoms with van der Waals surface area (Å²) >= 11 is 5.83. The van der Waals surface area contributed by atoms with Crippen molar-refractivity contribution in [2.45, 2.75) is 37.9 Å². The molecule has 1 atom stereocenters. The van der Waals surface area contributed by atoms with Gasteiger partial charge in [0.25, 0.3) is 0 Å². The molecular weight excluding hydrogens is 345 g/mol. The highest BCUT2D eigenvalue weighted by Gasteiger charge is 2.37. The Kier molecular flexibility index (Phi) is 5.31. The maximum absolute atomic E-state index is 13.1. The molecule has 0 spiro atoms. The van der Waals surface area contributed by atoms with Crippen LogP contribution in [-0.4, -0.2) is 24.7 Å².